The minimum atomic E-state index is -0.801. The number of para-hydroxylation sites is 1. The minimum absolute atomic E-state index is 0.234. The summed E-state index contributed by atoms with van der Waals surface area (Å²) in [4.78, 5) is 13.2. The molecule has 0 spiro atoms. The van der Waals surface area contributed by atoms with Crippen LogP contribution >= 0.6 is 23.5 Å². The van der Waals surface area contributed by atoms with Gasteiger partial charge in [0.25, 0.3) is 0 Å². The molecule has 0 aliphatic carbocycles. The average molecular weight is 344 g/mol. The van der Waals surface area contributed by atoms with E-state index in [1.54, 1.807) is 10.5 Å². The van der Waals surface area contributed by atoms with Crippen molar-refractivity contribution in [3.05, 3.63) is 52.3 Å². The van der Waals surface area contributed by atoms with Crippen molar-refractivity contribution < 1.29 is 13.6 Å². The number of hydrogen-bond acceptors (Lipinski definition) is 3. The standard InChI is InChI=1S/C14H12ClF2N3OS/c1-22-19-6-9(15)8-5-18-14(21)20(12(8)7-19)13-10(16)3-2-4-11(13)17/h2-4,6H,5,7H2,1H3,(H,18,21). The van der Waals surface area contributed by atoms with Gasteiger partial charge in [0.15, 0.2) is 0 Å². The highest BCUT2D eigenvalue weighted by atomic mass is 35.5. The van der Waals surface area contributed by atoms with E-state index in [-0.39, 0.29) is 12.2 Å². The van der Waals surface area contributed by atoms with E-state index in [1.165, 1.54) is 18.0 Å². The number of urea groups is 1. The van der Waals surface area contributed by atoms with Crippen LogP contribution in [0.25, 0.3) is 0 Å². The molecule has 3 rings (SSSR count). The maximum atomic E-state index is 14.1. The van der Waals surface area contributed by atoms with Crippen LogP contribution in [-0.4, -0.2) is 29.7 Å². The second-order valence-electron chi connectivity index (χ2n) is 4.72. The summed E-state index contributed by atoms with van der Waals surface area (Å²) in [5, 5.41) is 3.03. The van der Waals surface area contributed by atoms with Gasteiger partial charge in [-0.05, 0) is 12.1 Å². The third-order valence-corrected chi connectivity index (χ3v) is 4.51. The zero-order valence-electron chi connectivity index (χ0n) is 11.6. The molecule has 4 nitrogen and oxygen atoms in total. The third-order valence-electron chi connectivity index (χ3n) is 3.48. The summed E-state index contributed by atoms with van der Waals surface area (Å²) >= 11 is 7.63. The van der Waals surface area contributed by atoms with Crippen molar-refractivity contribution in [2.75, 3.05) is 24.2 Å². The average Bonchev–Trinajstić information content (AvgIpc) is 2.48. The fourth-order valence-corrected chi connectivity index (χ4v) is 3.26. The summed E-state index contributed by atoms with van der Waals surface area (Å²) in [7, 11) is 0. The van der Waals surface area contributed by atoms with Crippen molar-refractivity contribution in [3.8, 4) is 0 Å². The first-order chi connectivity index (χ1) is 10.5. The molecule has 2 aliphatic rings. The highest BCUT2D eigenvalue weighted by Crippen LogP contribution is 2.36. The van der Waals surface area contributed by atoms with Crippen molar-refractivity contribution in [2.45, 2.75) is 0 Å². The number of anilines is 1. The van der Waals surface area contributed by atoms with Gasteiger partial charge >= 0.3 is 6.03 Å². The van der Waals surface area contributed by atoms with E-state index < -0.39 is 17.7 Å². The maximum Gasteiger partial charge on any atom is 0.326 e. The maximum absolute atomic E-state index is 14.1. The van der Waals surface area contributed by atoms with Crippen molar-refractivity contribution in [1.82, 2.24) is 9.62 Å². The van der Waals surface area contributed by atoms with Gasteiger partial charge in [-0.25, -0.2) is 13.6 Å². The molecule has 0 unspecified atom stereocenters. The molecule has 2 heterocycles. The van der Waals surface area contributed by atoms with E-state index in [1.807, 2.05) is 6.26 Å². The van der Waals surface area contributed by atoms with Crippen LogP contribution in [0.15, 0.2) is 40.7 Å². The molecular formula is C14H12ClF2N3OS. The number of nitrogens with one attached hydrogen (secondary N) is 1. The SMILES string of the molecule is CSN1C=C(Cl)C2=C(C1)N(c1c(F)cccc1F)C(=O)NC2. The van der Waals surface area contributed by atoms with Crippen LogP contribution < -0.4 is 10.2 Å². The second-order valence-corrected chi connectivity index (χ2v) is 5.97. The number of hydrogen-bond donors (Lipinski definition) is 1. The van der Waals surface area contributed by atoms with Crippen LogP contribution in [0.3, 0.4) is 0 Å². The van der Waals surface area contributed by atoms with E-state index in [4.69, 9.17) is 11.6 Å². The lowest BCUT2D eigenvalue weighted by molar-refractivity contribution is 0.246. The van der Waals surface area contributed by atoms with E-state index in [2.05, 4.69) is 5.32 Å². The minimum Gasteiger partial charge on any atom is -0.333 e. The molecule has 116 valence electrons. The Morgan fingerprint density at radius 3 is 2.64 bits per heavy atom. The zero-order chi connectivity index (χ0) is 15.9. The lowest BCUT2D eigenvalue weighted by Crippen LogP contribution is -2.49. The molecule has 1 N–H and O–H groups in total. The van der Waals surface area contributed by atoms with Crippen LogP contribution in [-0.2, 0) is 0 Å². The Bertz CT molecular complexity index is 687. The Hall–Kier alpha value is -1.73. The van der Waals surface area contributed by atoms with Gasteiger partial charge in [0.1, 0.15) is 17.3 Å². The summed E-state index contributed by atoms with van der Waals surface area (Å²) in [6.45, 7) is 0.562. The highest BCUT2D eigenvalue weighted by Gasteiger charge is 2.35. The van der Waals surface area contributed by atoms with Crippen molar-refractivity contribution in [1.29, 1.82) is 0 Å². The van der Waals surface area contributed by atoms with Gasteiger partial charge < -0.3 is 9.62 Å². The normalized spacial score (nSPS) is 18.2. The Kier molecular flexibility index (Phi) is 4.01. The molecular weight excluding hydrogens is 332 g/mol. The molecule has 1 aromatic rings. The Balaban J connectivity index is 2.15. The number of nitrogens with zero attached hydrogens (tertiary/aromatic N) is 2. The largest absolute Gasteiger partial charge is 0.333 e. The zero-order valence-corrected chi connectivity index (χ0v) is 13.1. The van der Waals surface area contributed by atoms with Crippen molar-refractivity contribution in [3.63, 3.8) is 0 Å². The van der Waals surface area contributed by atoms with E-state index in [0.29, 0.717) is 22.8 Å². The number of amides is 2. The second kappa shape index (κ2) is 5.81. The van der Waals surface area contributed by atoms with Crippen molar-refractivity contribution >= 4 is 35.3 Å². The fraction of sp³-hybridized carbons (Fsp3) is 0.214. The molecule has 0 bridgehead atoms. The number of halogens is 3. The van der Waals surface area contributed by atoms with Gasteiger partial charge in [-0.1, -0.05) is 29.6 Å². The summed E-state index contributed by atoms with van der Waals surface area (Å²) in [6.07, 6.45) is 3.58. The smallest absolute Gasteiger partial charge is 0.326 e. The predicted molar refractivity (Wildman–Crippen MR) is 83.4 cm³/mol. The molecule has 0 saturated heterocycles. The molecule has 0 saturated carbocycles. The molecule has 1 aromatic carbocycles. The molecule has 0 aromatic heterocycles. The van der Waals surface area contributed by atoms with Gasteiger partial charge in [-0.3, -0.25) is 4.90 Å². The van der Waals surface area contributed by atoms with Gasteiger partial charge in [-0.2, -0.15) is 0 Å². The van der Waals surface area contributed by atoms with Gasteiger partial charge in [0, 0.05) is 24.6 Å². The van der Waals surface area contributed by atoms with E-state index in [9.17, 15) is 13.6 Å². The van der Waals surface area contributed by atoms with Crippen LogP contribution in [0.4, 0.5) is 19.3 Å². The number of rotatable bonds is 2. The first-order valence-electron chi connectivity index (χ1n) is 6.45. The molecule has 8 heteroatoms. The van der Waals surface area contributed by atoms with Crippen molar-refractivity contribution in [2.24, 2.45) is 0 Å². The third kappa shape index (κ3) is 2.44. The molecule has 2 amide bonds. The van der Waals surface area contributed by atoms with Crippen LogP contribution in [0.2, 0.25) is 0 Å². The fourth-order valence-electron chi connectivity index (χ4n) is 2.45. The Morgan fingerprint density at radius 2 is 2.00 bits per heavy atom. The topological polar surface area (TPSA) is 35.6 Å². The van der Waals surface area contributed by atoms with E-state index in [0.717, 1.165) is 17.0 Å². The number of carbonyl (C=O) groups excluding carboxylic acids is 1. The Labute approximate surface area is 135 Å². The summed E-state index contributed by atoms with van der Waals surface area (Å²) < 4.78 is 30.0. The quantitative estimate of drug-likeness (QED) is 0.836. The first-order valence-corrected chi connectivity index (χ1v) is 8.01. The molecule has 22 heavy (non-hydrogen) atoms. The highest BCUT2D eigenvalue weighted by molar-refractivity contribution is 7.96. The lowest BCUT2D eigenvalue weighted by Gasteiger charge is -2.37. The Morgan fingerprint density at radius 1 is 1.32 bits per heavy atom. The first kappa shape index (κ1) is 15.2. The van der Waals surface area contributed by atoms with Gasteiger partial charge in [0.05, 0.1) is 17.3 Å². The van der Waals surface area contributed by atoms with Crippen LogP contribution in [0.5, 0.6) is 0 Å². The molecule has 2 aliphatic heterocycles. The molecule has 0 radical (unpaired) electrons. The van der Waals surface area contributed by atoms with Gasteiger partial charge in [-0.15, -0.1) is 0 Å². The lowest BCUT2D eigenvalue weighted by atomic mass is 10.1. The van der Waals surface area contributed by atoms with Gasteiger partial charge in [0.2, 0.25) is 0 Å². The van der Waals surface area contributed by atoms with Crippen LogP contribution in [0, 0.1) is 11.6 Å². The predicted octanol–water partition coefficient (Wildman–Crippen LogP) is 3.42. The monoisotopic (exact) mass is 343 g/mol. The molecule has 0 fully saturated rings. The molecule has 0 atom stereocenters. The summed E-state index contributed by atoms with van der Waals surface area (Å²) in [6, 6.07) is 2.92. The summed E-state index contributed by atoms with van der Waals surface area (Å²) in [5.41, 5.74) is 0.753. The van der Waals surface area contributed by atoms with E-state index >= 15 is 0 Å². The number of benzene rings is 1. The number of carbonyl (C=O) groups is 1. The van der Waals surface area contributed by atoms with Crippen LogP contribution in [0.1, 0.15) is 0 Å². The summed E-state index contributed by atoms with van der Waals surface area (Å²) in [5.74, 6) is -1.60.